The third-order valence-electron chi connectivity index (χ3n) is 2.66. The van der Waals surface area contributed by atoms with E-state index < -0.39 is 7.14 Å². The first-order chi connectivity index (χ1) is 8.69. The predicted octanol–water partition coefficient (Wildman–Crippen LogP) is 3.87. The minimum atomic E-state index is -3.01. The van der Waals surface area contributed by atoms with E-state index in [2.05, 4.69) is 12.3 Å². The maximum Gasteiger partial charge on any atom is 0.189 e. The maximum absolute atomic E-state index is 13.3. The topological polar surface area (TPSA) is 17.1 Å². The summed E-state index contributed by atoms with van der Waals surface area (Å²) < 4.78 is 13.4. The van der Waals surface area contributed by atoms with E-state index >= 15 is 0 Å². The summed E-state index contributed by atoms with van der Waals surface area (Å²) >= 11 is 6.12. The number of halogens is 1. The van der Waals surface area contributed by atoms with Crippen molar-refractivity contribution in [3.8, 4) is 0 Å². The third kappa shape index (κ3) is 2.21. The van der Waals surface area contributed by atoms with E-state index in [0.717, 1.165) is 0 Å². The van der Waals surface area contributed by atoms with Crippen molar-refractivity contribution in [2.45, 2.75) is 0 Å². The average molecular weight is 275 g/mol. The summed E-state index contributed by atoms with van der Waals surface area (Å²) in [5, 5.41) is 1.38. The van der Waals surface area contributed by atoms with Crippen LogP contribution in [0, 0.1) is 0 Å². The molecular formula is C15H12ClOP. The van der Waals surface area contributed by atoms with Crippen LogP contribution >= 0.6 is 18.7 Å². The highest BCUT2D eigenvalue weighted by atomic mass is 35.5. The Morgan fingerprint density at radius 2 is 1.33 bits per heavy atom. The zero-order valence-electron chi connectivity index (χ0n) is 9.71. The van der Waals surface area contributed by atoms with Crippen molar-refractivity contribution in [2.75, 3.05) is 0 Å². The molecule has 0 saturated heterocycles. The summed E-state index contributed by atoms with van der Waals surface area (Å²) in [5.41, 5.74) is 2.57. The molecule has 0 aromatic heterocycles. The Balaban J connectivity index is 2.71. The lowest BCUT2D eigenvalue weighted by atomic mass is 10.4. The number of hydrogen-bond donors (Lipinski definition) is 0. The molecule has 18 heavy (non-hydrogen) atoms. The van der Waals surface area contributed by atoms with Crippen LogP contribution in [0.1, 0.15) is 0 Å². The van der Waals surface area contributed by atoms with Gasteiger partial charge in [0.1, 0.15) is 4.77 Å². The Labute approximate surface area is 112 Å². The molecule has 0 atom stereocenters. The molecule has 1 nitrogen and oxygen atoms in total. The molecule has 0 bridgehead atoms. The fourth-order valence-corrected chi connectivity index (χ4v) is 4.51. The molecule has 2 aromatic rings. The lowest BCUT2D eigenvalue weighted by molar-refractivity contribution is 0.591. The molecule has 90 valence electrons. The van der Waals surface area contributed by atoms with Gasteiger partial charge in [0.2, 0.25) is 0 Å². The Morgan fingerprint density at radius 1 is 0.944 bits per heavy atom. The zero-order valence-corrected chi connectivity index (χ0v) is 11.4. The maximum atomic E-state index is 13.3. The van der Waals surface area contributed by atoms with Crippen molar-refractivity contribution in [1.29, 1.82) is 0 Å². The van der Waals surface area contributed by atoms with Gasteiger partial charge in [0.15, 0.2) is 7.14 Å². The largest absolute Gasteiger partial charge is 0.307 e. The molecule has 0 aliphatic heterocycles. The van der Waals surface area contributed by atoms with Crippen molar-refractivity contribution in [3.63, 3.8) is 0 Å². The molecule has 0 spiro atoms. The molecule has 0 aliphatic rings. The van der Waals surface area contributed by atoms with E-state index in [9.17, 15) is 4.57 Å². The fraction of sp³-hybridized carbons (Fsp3) is 0. The molecule has 0 heterocycles. The fourth-order valence-electron chi connectivity index (χ4n) is 1.76. The standard InChI is InChI=1S/C15H12ClOP/c1-2-15(16)18(17,13-9-5-3-6-10-13)14-11-7-4-8-12-14/h3-12H,1H2. The highest BCUT2D eigenvalue weighted by Crippen LogP contribution is 2.52. The minimum absolute atomic E-state index is 0.167. The van der Waals surface area contributed by atoms with Gasteiger partial charge in [-0.2, -0.15) is 0 Å². The lowest BCUT2D eigenvalue weighted by Crippen LogP contribution is -2.15. The average Bonchev–Trinajstić information content (AvgIpc) is 2.47. The van der Waals surface area contributed by atoms with Gasteiger partial charge in [-0.25, -0.2) is 0 Å². The monoisotopic (exact) mass is 274 g/mol. The molecule has 0 unspecified atom stereocenters. The first-order valence-corrected chi connectivity index (χ1v) is 7.55. The second-order valence-electron chi connectivity index (χ2n) is 3.75. The van der Waals surface area contributed by atoms with Gasteiger partial charge < -0.3 is 4.57 Å². The minimum Gasteiger partial charge on any atom is -0.307 e. The van der Waals surface area contributed by atoms with Gasteiger partial charge in [-0.15, -0.1) is 5.73 Å². The number of hydrogen-bond acceptors (Lipinski definition) is 1. The van der Waals surface area contributed by atoms with Gasteiger partial charge in [0.05, 0.1) is 0 Å². The van der Waals surface area contributed by atoms with E-state index in [1.54, 1.807) is 0 Å². The van der Waals surface area contributed by atoms with Crippen LogP contribution in [0.3, 0.4) is 0 Å². The van der Waals surface area contributed by atoms with Gasteiger partial charge in [-0.05, 0) is 0 Å². The van der Waals surface area contributed by atoms with Crippen molar-refractivity contribution in [3.05, 3.63) is 77.7 Å². The Morgan fingerprint density at radius 3 is 1.67 bits per heavy atom. The van der Waals surface area contributed by atoms with E-state index in [1.165, 1.54) is 0 Å². The summed E-state index contributed by atoms with van der Waals surface area (Å²) in [6.07, 6.45) is 0. The van der Waals surface area contributed by atoms with Crippen LogP contribution in [0.5, 0.6) is 0 Å². The van der Waals surface area contributed by atoms with Gasteiger partial charge in [0, 0.05) is 10.6 Å². The van der Waals surface area contributed by atoms with Crippen molar-refractivity contribution < 1.29 is 4.57 Å². The van der Waals surface area contributed by atoms with Crippen LogP contribution in [0.15, 0.2) is 77.7 Å². The first-order valence-electron chi connectivity index (χ1n) is 5.47. The van der Waals surface area contributed by atoms with Crippen molar-refractivity contribution in [1.82, 2.24) is 0 Å². The first kappa shape index (κ1) is 12.9. The molecule has 0 saturated carbocycles. The molecule has 2 rings (SSSR count). The van der Waals surface area contributed by atoms with Crippen molar-refractivity contribution in [2.24, 2.45) is 0 Å². The Kier molecular flexibility index (Phi) is 3.89. The normalized spacial score (nSPS) is 10.7. The molecule has 0 radical (unpaired) electrons. The second kappa shape index (κ2) is 5.42. The molecule has 3 heteroatoms. The van der Waals surface area contributed by atoms with E-state index in [-0.39, 0.29) is 4.77 Å². The summed E-state index contributed by atoms with van der Waals surface area (Å²) in [6.45, 7) is 3.51. The third-order valence-corrected chi connectivity index (χ3v) is 6.27. The van der Waals surface area contributed by atoms with Crippen LogP contribution in [0.25, 0.3) is 0 Å². The summed E-state index contributed by atoms with van der Waals surface area (Å²) in [7, 11) is -3.01. The van der Waals surface area contributed by atoms with E-state index in [0.29, 0.717) is 10.6 Å². The molecule has 0 aliphatic carbocycles. The highest BCUT2D eigenvalue weighted by molar-refractivity contribution is 7.84. The smallest absolute Gasteiger partial charge is 0.189 e. The molecular weight excluding hydrogens is 263 g/mol. The van der Waals surface area contributed by atoms with Crippen LogP contribution in [-0.4, -0.2) is 0 Å². The quantitative estimate of drug-likeness (QED) is 0.613. The summed E-state index contributed by atoms with van der Waals surface area (Å²) in [6, 6.07) is 18.4. The van der Waals surface area contributed by atoms with Gasteiger partial charge in [-0.3, -0.25) is 0 Å². The second-order valence-corrected chi connectivity index (χ2v) is 7.09. The van der Waals surface area contributed by atoms with Crippen LogP contribution in [-0.2, 0) is 4.57 Å². The van der Waals surface area contributed by atoms with Crippen LogP contribution < -0.4 is 10.6 Å². The Hall–Kier alpha value is -1.52. The lowest BCUT2D eigenvalue weighted by Gasteiger charge is -2.17. The van der Waals surface area contributed by atoms with Crippen LogP contribution in [0.2, 0.25) is 0 Å². The zero-order chi connectivity index (χ0) is 13.0. The molecule has 0 fully saturated rings. The van der Waals surface area contributed by atoms with Crippen LogP contribution in [0.4, 0.5) is 0 Å². The summed E-state index contributed by atoms with van der Waals surface area (Å²) in [5.74, 6) is 0. The van der Waals surface area contributed by atoms with Gasteiger partial charge in [-0.1, -0.05) is 78.8 Å². The van der Waals surface area contributed by atoms with E-state index in [4.69, 9.17) is 11.6 Å². The molecule has 2 aromatic carbocycles. The highest BCUT2D eigenvalue weighted by Gasteiger charge is 2.30. The number of rotatable bonds is 3. The SMILES string of the molecule is C=C=C(Cl)P(=O)(c1ccccc1)c1ccccc1. The van der Waals surface area contributed by atoms with Gasteiger partial charge >= 0.3 is 0 Å². The van der Waals surface area contributed by atoms with Crippen molar-refractivity contribution >= 4 is 29.4 Å². The Bertz CT molecular complexity index is 585. The number of benzene rings is 2. The molecule has 0 amide bonds. The van der Waals surface area contributed by atoms with E-state index in [1.807, 2.05) is 60.7 Å². The predicted molar refractivity (Wildman–Crippen MR) is 78.3 cm³/mol. The molecule has 0 N–H and O–H groups in total. The van der Waals surface area contributed by atoms with Gasteiger partial charge in [0.25, 0.3) is 0 Å². The summed E-state index contributed by atoms with van der Waals surface area (Å²) in [4.78, 5) is 0.